The lowest BCUT2D eigenvalue weighted by Gasteiger charge is -2.31. The van der Waals surface area contributed by atoms with Crippen LogP contribution in [-0.2, 0) is 11.2 Å². The van der Waals surface area contributed by atoms with E-state index in [-0.39, 0.29) is 6.10 Å². The number of aryl methyl sites for hydroxylation is 1. The predicted octanol–water partition coefficient (Wildman–Crippen LogP) is 4.28. The summed E-state index contributed by atoms with van der Waals surface area (Å²) in [7, 11) is 2.14. The molecule has 7 heteroatoms. The minimum atomic E-state index is 0.229. The van der Waals surface area contributed by atoms with Crippen molar-refractivity contribution in [3.05, 3.63) is 16.8 Å². The second kappa shape index (κ2) is 7.44. The van der Waals surface area contributed by atoms with Crippen molar-refractivity contribution in [2.75, 3.05) is 7.05 Å². The van der Waals surface area contributed by atoms with Gasteiger partial charge < -0.3 is 9.53 Å². The summed E-state index contributed by atoms with van der Waals surface area (Å²) in [5.41, 5.74) is 1.28. The van der Waals surface area contributed by atoms with Gasteiger partial charge >= 0.3 is 0 Å². The van der Waals surface area contributed by atoms with Crippen molar-refractivity contribution >= 4 is 50.7 Å². The van der Waals surface area contributed by atoms with Crippen LogP contribution in [0.2, 0.25) is 0 Å². The van der Waals surface area contributed by atoms with Crippen molar-refractivity contribution in [2.24, 2.45) is 0 Å². The highest BCUT2D eigenvalue weighted by molar-refractivity contribution is 14.1. The molecule has 0 aromatic carbocycles. The number of nitrogens with zero attached hydrogens (tertiary/aromatic N) is 3. The van der Waals surface area contributed by atoms with Gasteiger partial charge in [-0.3, -0.25) is 0 Å². The number of carbonyl (C=O) groups excluding carboxylic acids is 1. The van der Waals surface area contributed by atoms with E-state index in [4.69, 9.17) is 4.74 Å². The van der Waals surface area contributed by atoms with Crippen molar-refractivity contribution in [1.29, 1.82) is 0 Å². The molecule has 134 valence electrons. The zero-order valence-corrected chi connectivity index (χ0v) is 17.3. The standard InChI is InChI=1S/C18H22IN3O2S/c1-22(19)12-3-5-13(6-4-12)24-17-16-15-11(8-9-23)2-7-14(15)25-18(16)21-10-20-17/h9-13H,2-8H2,1H3/t11-,12?,13?/m1/s1. The highest BCUT2D eigenvalue weighted by Gasteiger charge is 2.31. The SMILES string of the molecule is CN(I)C1CCC(Oc2ncnc3sc4c(c23)[C@@H](CC=O)CC4)CC1. The molecule has 1 fully saturated rings. The minimum absolute atomic E-state index is 0.229. The molecule has 0 saturated heterocycles. The summed E-state index contributed by atoms with van der Waals surface area (Å²) in [6.45, 7) is 0. The molecule has 2 aliphatic rings. The summed E-state index contributed by atoms with van der Waals surface area (Å²) in [5.74, 6) is 1.03. The molecule has 2 aromatic heterocycles. The second-order valence-corrected chi connectivity index (χ2v) is 9.61. The molecule has 5 nitrogen and oxygen atoms in total. The molecule has 0 aliphatic heterocycles. The van der Waals surface area contributed by atoms with E-state index in [1.807, 2.05) is 0 Å². The first-order valence-electron chi connectivity index (χ1n) is 8.92. The lowest BCUT2D eigenvalue weighted by molar-refractivity contribution is -0.108. The first-order chi connectivity index (χ1) is 12.2. The van der Waals surface area contributed by atoms with Crippen LogP contribution < -0.4 is 4.74 Å². The first-order valence-corrected chi connectivity index (χ1v) is 10.7. The molecule has 1 saturated carbocycles. The van der Waals surface area contributed by atoms with Crippen LogP contribution >= 0.6 is 34.2 Å². The van der Waals surface area contributed by atoms with Gasteiger partial charge in [-0.2, -0.15) is 0 Å². The molecule has 0 unspecified atom stereocenters. The van der Waals surface area contributed by atoms with Crippen molar-refractivity contribution in [1.82, 2.24) is 13.1 Å². The Hall–Kier alpha value is -0.800. The fourth-order valence-electron chi connectivity index (χ4n) is 4.16. The van der Waals surface area contributed by atoms with Crippen LogP contribution in [0, 0.1) is 0 Å². The molecule has 2 aromatic rings. The van der Waals surface area contributed by atoms with Crippen molar-refractivity contribution in [3.63, 3.8) is 0 Å². The summed E-state index contributed by atoms with van der Waals surface area (Å²) in [6.07, 6.45) is 10.0. The van der Waals surface area contributed by atoms with Crippen LogP contribution in [0.3, 0.4) is 0 Å². The average molecular weight is 471 g/mol. The fraction of sp³-hybridized carbons (Fsp3) is 0.611. The van der Waals surface area contributed by atoms with Gasteiger partial charge in [0.05, 0.1) is 5.39 Å². The molecule has 0 bridgehead atoms. The Morgan fingerprint density at radius 3 is 2.84 bits per heavy atom. The number of halogens is 1. The Morgan fingerprint density at radius 1 is 1.32 bits per heavy atom. The van der Waals surface area contributed by atoms with Gasteiger partial charge in [0, 0.05) is 40.2 Å². The zero-order valence-electron chi connectivity index (χ0n) is 14.3. The van der Waals surface area contributed by atoms with Gasteiger partial charge in [0.25, 0.3) is 0 Å². The molecular weight excluding hydrogens is 449 g/mol. The quantitative estimate of drug-likeness (QED) is 0.370. The van der Waals surface area contributed by atoms with Crippen LogP contribution in [-0.4, -0.2) is 38.6 Å². The summed E-state index contributed by atoms with van der Waals surface area (Å²) in [5, 5.41) is 1.07. The van der Waals surface area contributed by atoms with Gasteiger partial charge in [0.2, 0.25) is 5.88 Å². The maximum absolute atomic E-state index is 11.1. The lowest BCUT2D eigenvalue weighted by Crippen LogP contribution is -2.33. The lowest BCUT2D eigenvalue weighted by atomic mass is 9.93. The van der Waals surface area contributed by atoms with E-state index in [1.54, 1.807) is 17.7 Å². The number of aldehydes is 1. The van der Waals surface area contributed by atoms with E-state index >= 15 is 0 Å². The second-order valence-electron chi connectivity index (χ2n) is 7.01. The number of hydrogen-bond acceptors (Lipinski definition) is 6. The summed E-state index contributed by atoms with van der Waals surface area (Å²) in [6, 6.07) is 0.647. The zero-order chi connectivity index (χ0) is 17.4. The molecule has 2 heterocycles. The van der Waals surface area contributed by atoms with Crippen LogP contribution in [0.1, 0.15) is 54.9 Å². The molecule has 0 amide bonds. The Bertz CT molecular complexity index is 771. The number of hydrogen-bond donors (Lipinski definition) is 0. The van der Waals surface area contributed by atoms with Crippen molar-refractivity contribution in [2.45, 2.75) is 63.0 Å². The number of fused-ring (bicyclic) bond motifs is 3. The van der Waals surface area contributed by atoms with Gasteiger partial charge in [-0.15, -0.1) is 11.3 Å². The molecule has 25 heavy (non-hydrogen) atoms. The van der Waals surface area contributed by atoms with Crippen molar-refractivity contribution < 1.29 is 9.53 Å². The number of aromatic nitrogens is 2. The maximum atomic E-state index is 11.1. The van der Waals surface area contributed by atoms with Gasteiger partial charge in [-0.25, -0.2) is 13.1 Å². The smallest absolute Gasteiger partial charge is 0.225 e. The number of carbonyl (C=O) groups is 1. The highest BCUT2D eigenvalue weighted by atomic mass is 127. The van der Waals surface area contributed by atoms with Crippen LogP contribution in [0.15, 0.2) is 6.33 Å². The molecule has 0 N–H and O–H groups in total. The van der Waals surface area contributed by atoms with Crippen LogP contribution in [0.25, 0.3) is 10.2 Å². The largest absolute Gasteiger partial charge is 0.474 e. The molecule has 0 radical (unpaired) electrons. The normalized spacial score (nSPS) is 26.1. The molecular formula is C18H22IN3O2S. The van der Waals surface area contributed by atoms with Gasteiger partial charge in [-0.05, 0) is 57.1 Å². The maximum Gasteiger partial charge on any atom is 0.225 e. The predicted molar refractivity (Wildman–Crippen MR) is 108 cm³/mol. The summed E-state index contributed by atoms with van der Waals surface area (Å²) >= 11 is 4.12. The first kappa shape index (κ1) is 17.6. The third kappa shape index (κ3) is 3.42. The third-order valence-electron chi connectivity index (χ3n) is 5.50. The number of thiophene rings is 1. The van der Waals surface area contributed by atoms with E-state index in [0.29, 0.717) is 18.4 Å². The Kier molecular flexibility index (Phi) is 5.24. The molecule has 1 atom stereocenters. The van der Waals surface area contributed by atoms with Gasteiger partial charge in [0.15, 0.2) is 0 Å². The van der Waals surface area contributed by atoms with E-state index < -0.39 is 0 Å². The Labute approximate surface area is 165 Å². The van der Waals surface area contributed by atoms with Gasteiger partial charge in [-0.1, -0.05) is 0 Å². The monoisotopic (exact) mass is 471 g/mol. The van der Waals surface area contributed by atoms with E-state index in [0.717, 1.165) is 60.9 Å². The molecule has 0 spiro atoms. The van der Waals surface area contributed by atoms with E-state index in [2.05, 4.69) is 43.0 Å². The fourth-order valence-corrected chi connectivity index (χ4v) is 5.95. The number of ether oxygens (including phenoxy) is 1. The highest BCUT2D eigenvalue weighted by Crippen LogP contribution is 2.47. The third-order valence-corrected chi connectivity index (χ3v) is 7.46. The Morgan fingerprint density at radius 2 is 2.12 bits per heavy atom. The number of rotatable bonds is 5. The minimum Gasteiger partial charge on any atom is -0.474 e. The van der Waals surface area contributed by atoms with Crippen LogP contribution in [0.4, 0.5) is 0 Å². The Balaban J connectivity index is 1.59. The average Bonchev–Trinajstić information content (AvgIpc) is 3.16. The topological polar surface area (TPSA) is 55.3 Å². The summed E-state index contributed by atoms with van der Waals surface area (Å²) < 4.78 is 8.64. The molecule has 2 aliphatic carbocycles. The molecule has 4 rings (SSSR count). The summed E-state index contributed by atoms with van der Waals surface area (Å²) in [4.78, 5) is 22.4. The van der Waals surface area contributed by atoms with Crippen LogP contribution in [0.5, 0.6) is 5.88 Å². The van der Waals surface area contributed by atoms with Crippen molar-refractivity contribution in [3.8, 4) is 5.88 Å². The van der Waals surface area contributed by atoms with Gasteiger partial charge in [0.1, 0.15) is 23.5 Å². The van der Waals surface area contributed by atoms with E-state index in [9.17, 15) is 4.79 Å². The van der Waals surface area contributed by atoms with E-state index in [1.165, 1.54) is 10.4 Å².